The van der Waals surface area contributed by atoms with Gasteiger partial charge in [0.2, 0.25) is 0 Å². The molecule has 0 spiro atoms. The van der Waals surface area contributed by atoms with E-state index >= 15 is 0 Å². The van der Waals surface area contributed by atoms with E-state index in [0.29, 0.717) is 44.7 Å². The summed E-state index contributed by atoms with van der Waals surface area (Å²) >= 11 is 7.19. The smallest absolute Gasteiger partial charge is 0.265 e. The molecule has 1 aromatic carbocycles. The Morgan fingerprint density at radius 3 is 2.43 bits per heavy atom. The topological polar surface area (TPSA) is 107 Å². The quantitative estimate of drug-likeness (QED) is 0.443. The van der Waals surface area contributed by atoms with Crippen molar-refractivity contribution in [1.29, 1.82) is 5.41 Å². The average Bonchev–Trinajstić information content (AvgIpc) is 3.17. The number of allylic oxidation sites excluding steroid dienone is 1. The number of amidine groups is 1. The zero-order chi connectivity index (χ0) is 20.1. The largest absolute Gasteiger partial charge is 0.373 e. The number of nitrogens with one attached hydrogen (secondary N) is 4. The molecule has 144 valence electrons. The van der Waals surface area contributed by atoms with Crippen molar-refractivity contribution in [2.75, 3.05) is 18.1 Å². The van der Waals surface area contributed by atoms with Crippen LogP contribution in [-0.4, -0.2) is 35.4 Å². The van der Waals surface area contributed by atoms with Gasteiger partial charge in [0, 0.05) is 35.8 Å². The number of anilines is 1. The third kappa shape index (κ3) is 4.71. The van der Waals surface area contributed by atoms with Crippen LogP contribution in [0.4, 0.5) is 5.82 Å². The number of rotatable bonds is 5. The number of carbonyl (C=O) groups excluding carboxylic acids is 2. The molecule has 0 unspecified atom stereocenters. The van der Waals surface area contributed by atoms with Crippen LogP contribution in [-0.2, 0) is 4.79 Å². The SMILES string of the molecule is CNC(=N)c1ccc(C(=O)NC2=C(C(=O)Nc3ccc(Cl)cn3)SCC2)cc1. The van der Waals surface area contributed by atoms with Crippen molar-refractivity contribution < 1.29 is 9.59 Å². The van der Waals surface area contributed by atoms with Gasteiger partial charge in [-0.05, 0) is 30.7 Å². The lowest BCUT2D eigenvalue weighted by molar-refractivity contribution is -0.112. The van der Waals surface area contributed by atoms with Gasteiger partial charge in [-0.3, -0.25) is 15.0 Å². The Balaban J connectivity index is 1.70. The van der Waals surface area contributed by atoms with E-state index in [2.05, 4.69) is 20.9 Å². The van der Waals surface area contributed by atoms with E-state index < -0.39 is 0 Å². The maximum absolute atomic E-state index is 12.5. The molecule has 0 saturated heterocycles. The Bertz CT molecular complexity index is 942. The second-order valence-corrected chi connectivity index (χ2v) is 7.42. The molecule has 28 heavy (non-hydrogen) atoms. The molecule has 1 aliphatic rings. The summed E-state index contributed by atoms with van der Waals surface area (Å²) in [5, 5.41) is 16.5. The third-order valence-corrected chi connectivity index (χ3v) is 5.35. The number of amides is 2. The number of hydrogen-bond donors (Lipinski definition) is 4. The van der Waals surface area contributed by atoms with Gasteiger partial charge in [-0.2, -0.15) is 0 Å². The fourth-order valence-corrected chi connectivity index (χ4v) is 3.67. The number of nitrogens with zero attached hydrogens (tertiary/aromatic N) is 1. The van der Waals surface area contributed by atoms with E-state index in [4.69, 9.17) is 17.0 Å². The molecule has 1 aliphatic heterocycles. The number of pyridine rings is 1. The molecule has 0 bridgehead atoms. The van der Waals surface area contributed by atoms with Gasteiger partial charge in [0.05, 0.1) is 9.93 Å². The predicted molar refractivity (Wildman–Crippen MR) is 112 cm³/mol. The van der Waals surface area contributed by atoms with Crippen LogP contribution in [0.2, 0.25) is 5.02 Å². The highest BCUT2D eigenvalue weighted by atomic mass is 35.5. The van der Waals surface area contributed by atoms with Crippen LogP contribution in [0.25, 0.3) is 0 Å². The highest BCUT2D eigenvalue weighted by Gasteiger charge is 2.24. The number of benzene rings is 1. The minimum atomic E-state index is -0.314. The Kier molecular flexibility index (Phi) is 6.33. The van der Waals surface area contributed by atoms with E-state index in [1.807, 2.05) is 0 Å². The lowest BCUT2D eigenvalue weighted by atomic mass is 10.1. The van der Waals surface area contributed by atoms with E-state index in [0.717, 1.165) is 0 Å². The first-order valence-corrected chi connectivity index (χ1v) is 9.81. The van der Waals surface area contributed by atoms with Gasteiger partial charge >= 0.3 is 0 Å². The van der Waals surface area contributed by atoms with Crippen molar-refractivity contribution in [1.82, 2.24) is 15.6 Å². The van der Waals surface area contributed by atoms with Gasteiger partial charge in [-0.1, -0.05) is 23.7 Å². The first-order chi connectivity index (χ1) is 13.5. The van der Waals surface area contributed by atoms with Gasteiger partial charge in [-0.25, -0.2) is 4.98 Å². The number of aromatic nitrogens is 1. The number of halogens is 1. The van der Waals surface area contributed by atoms with Gasteiger partial charge in [0.1, 0.15) is 11.7 Å². The highest BCUT2D eigenvalue weighted by molar-refractivity contribution is 8.04. The molecule has 2 amide bonds. The van der Waals surface area contributed by atoms with Crippen LogP contribution in [0.3, 0.4) is 0 Å². The third-order valence-electron chi connectivity index (χ3n) is 4.00. The van der Waals surface area contributed by atoms with Crippen molar-refractivity contribution in [3.8, 4) is 0 Å². The average molecular weight is 416 g/mol. The lowest BCUT2D eigenvalue weighted by Gasteiger charge is -2.10. The van der Waals surface area contributed by atoms with Gasteiger partial charge in [0.25, 0.3) is 11.8 Å². The van der Waals surface area contributed by atoms with Crippen LogP contribution >= 0.6 is 23.4 Å². The molecule has 1 aromatic heterocycles. The molecule has 0 atom stereocenters. The zero-order valence-corrected chi connectivity index (χ0v) is 16.6. The first-order valence-electron chi connectivity index (χ1n) is 8.45. The molecular formula is C19H18ClN5O2S. The zero-order valence-electron chi connectivity index (χ0n) is 15.0. The van der Waals surface area contributed by atoms with Crippen LogP contribution in [0.5, 0.6) is 0 Å². The summed E-state index contributed by atoms with van der Waals surface area (Å²) in [4.78, 5) is 29.6. The molecule has 0 aliphatic carbocycles. The van der Waals surface area contributed by atoms with Crippen molar-refractivity contribution in [2.45, 2.75) is 6.42 Å². The maximum Gasteiger partial charge on any atom is 0.265 e. The van der Waals surface area contributed by atoms with E-state index in [1.54, 1.807) is 43.4 Å². The first kappa shape index (κ1) is 19.9. The molecule has 0 radical (unpaired) electrons. The van der Waals surface area contributed by atoms with Crippen molar-refractivity contribution in [3.63, 3.8) is 0 Å². The van der Waals surface area contributed by atoms with E-state index in [-0.39, 0.29) is 17.6 Å². The van der Waals surface area contributed by atoms with Crippen molar-refractivity contribution in [2.24, 2.45) is 0 Å². The van der Waals surface area contributed by atoms with Gasteiger partial charge in [-0.15, -0.1) is 11.8 Å². The number of carbonyl (C=O) groups is 2. The molecule has 0 fully saturated rings. The Morgan fingerprint density at radius 1 is 1.07 bits per heavy atom. The lowest BCUT2D eigenvalue weighted by Crippen LogP contribution is -2.25. The van der Waals surface area contributed by atoms with Crippen molar-refractivity contribution >= 4 is 46.8 Å². The predicted octanol–water partition coefficient (Wildman–Crippen LogP) is 3.00. The summed E-state index contributed by atoms with van der Waals surface area (Å²) in [7, 11) is 1.67. The van der Waals surface area contributed by atoms with Crippen LogP contribution in [0, 0.1) is 5.41 Å². The monoisotopic (exact) mass is 415 g/mol. The minimum Gasteiger partial charge on any atom is -0.373 e. The molecule has 2 heterocycles. The van der Waals surface area contributed by atoms with Crippen LogP contribution in [0.15, 0.2) is 53.2 Å². The molecular weight excluding hydrogens is 398 g/mol. The standard InChI is InChI=1S/C19H18ClN5O2S/c1-22-17(21)11-2-4-12(5-3-11)18(26)24-14-8-9-28-16(14)19(27)25-15-7-6-13(20)10-23-15/h2-7,10H,8-9H2,1H3,(H2,21,22)(H,24,26)(H,23,25,27). The fraction of sp³-hybridized carbons (Fsp3) is 0.158. The Morgan fingerprint density at radius 2 is 1.79 bits per heavy atom. The Hall–Kier alpha value is -2.84. The van der Waals surface area contributed by atoms with E-state index in [9.17, 15) is 9.59 Å². The summed E-state index contributed by atoms with van der Waals surface area (Å²) in [6.07, 6.45) is 2.04. The van der Waals surface area contributed by atoms with Gasteiger partial charge in [0.15, 0.2) is 0 Å². The molecule has 3 rings (SSSR count). The minimum absolute atomic E-state index is 0.275. The molecule has 7 nitrogen and oxygen atoms in total. The summed E-state index contributed by atoms with van der Waals surface area (Å²) in [5.41, 5.74) is 1.73. The van der Waals surface area contributed by atoms with Gasteiger partial charge < -0.3 is 16.0 Å². The summed E-state index contributed by atoms with van der Waals surface area (Å²) in [5.74, 6) is 0.768. The fourth-order valence-electron chi connectivity index (χ4n) is 2.54. The Labute approximate surface area is 171 Å². The second-order valence-electron chi connectivity index (χ2n) is 5.88. The molecule has 4 N–H and O–H groups in total. The molecule has 0 saturated carbocycles. The summed E-state index contributed by atoms with van der Waals surface area (Å²) < 4.78 is 0. The normalized spacial score (nSPS) is 13.2. The second kappa shape index (κ2) is 8.90. The maximum atomic E-state index is 12.5. The molecule has 9 heteroatoms. The number of thioether (sulfide) groups is 1. The van der Waals surface area contributed by atoms with Crippen LogP contribution < -0.4 is 16.0 Å². The summed E-state index contributed by atoms with van der Waals surface area (Å²) in [6, 6.07) is 9.95. The molecule has 2 aromatic rings. The van der Waals surface area contributed by atoms with Crippen molar-refractivity contribution in [3.05, 3.63) is 69.3 Å². The summed E-state index contributed by atoms with van der Waals surface area (Å²) in [6.45, 7) is 0. The highest BCUT2D eigenvalue weighted by Crippen LogP contribution is 2.31. The number of hydrogen-bond acceptors (Lipinski definition) is 5. The van der Waals surface area contributed by atoms with Crippen LogP contribution in [0.1, 0.15) is 22.3 Å². The van der Waals surface area contributed by atoms with E-state index in [1.165, 1.54) is 18.0 Å².